The second-order valence-electron chi connectivity index (χ2n) is 9.71. The third kappa shape index (κ3) is 7.50. The van der Waals surface area contributed by atoms with Crippen molar-refractivity contribution in [2.24, 2.45) is 5.92 Å². The van der Waals surface area contributed by atoms with E-state index in [-0.39, 0.29) is 11.8 Å². The summed E-state index contributed by atoms with van der Waals surface area (Å²) in [7, 11) is 0. The van der Waals surface area contributed by atoms with Gasteiger partial charge in [0.05, 0.1) is 5.69 Å². The van der Waals surface area contributed by atoms with Crippen LogP contribution in [-0.4, -0.2) is 46.4 Å². The highest BCUT2D eigenvalue weighted by atomic mass is 35.5. The van der Waals surface area contributed by atoms with E-state index in [2.05, 4.69) is 22.0 Å². The summed E-state index contributed by atoms with van der Waals surface area (Å²) in [6, 6.07) is 7.60. The fraction of sp³-hybridized carbons (Fsp3) is 0.630. The summed E-state index contributed by atoms with van der Waals surface area (Å²) in [6.07, 6.45) is 10.9. The van der Waals surface area contributed by atoms with E-state index in [1.54, 1.807) is 0 Å². The van der Waals surface area contributed by atoms with Gasteiger partial charge in [0, 0.05) is 34.8 Å². The molecule has 1 atom stereocenters. The zero-order chi connectivity index (χ0) is 23.8. The smallest absolute Gasteiger partial charge is 0.226 e. The Hall–Kier alpha value is -1.50. The molecule has 0 bridgehead atoms. The number of oxazole rings is 1. The van der Waals surface area contributed by atoms with Crippen LogP contribution in [-0.2, 0) is 11.3 Å². The number of aromatic nitrogens is 1. The minimum atomic E-state index is 0.122. The standard InChI is InChI=1S/C27H38ClN3O2S/c1-20-25(30-27(33-20)22-8-5-10-23(28)18-22)19-31-15-6-9-21(13-16-31)26(32)29-14-7-17-34-24-11-3-2-4-12-24/h5,8,10,18,21,24H,2-4,6-7,9,11-17,19H2,1H3,(H,29,32). The minimum Gasteiger partial charge on any atom is -0.441 e. The Morgan fingerprint density at radius 1 is 1.18 bits per heavy atom. The molecule has 1 aliphatic carbocycles. The number of nitrogens with zero attached hydrogens (tertiary/aromatic N) is 2. The first-order valence-corrected chi connectivity index (χ1v) is 14.3. The fourth-order valence-electron chi connectivity index (χ4n) is 5.02. The van der Waals surface area contributed by atoms with Crippen LogP contribution in [0.3, 0.4) is 0 Å². The minimum absolute atomic E-state index is 0.122. The molecule has 1 aliphatic heterocycles. The third-order valence-electron chi connectivity index (χ3n) is 7.06. The van der Waals surface area contributed by atoms with Gasteiger partial charge in [-0.2, -0.15) is 11.8 Å². The van der Waals surface area contributed by atoms with E-state index in [1.165, 1.54) is 32.1 Å². The lowest BCUT2D eigenvalue weighted by Crippen LogP contribution is -2.32. The van der Waals surface area contributed by atoms with Gasteiger partial charge in [-0.15, -0.1) is 0 Å². The molecular formula is C27H38ClN3O2S. The summed E-state index contributed by atoms with van der Waals surface area (Å²) in [5, 5.41) is 4.74. The van der Waals surface area contributed by atoms with Crippen LogP contribution in [0.4, 0.5) is 0 Å². The van der Waals surface area contributed by atoms with Crippen molar-refractivity contribution in [3.8, 4) is 11.5 Å². The van der Waals surface area contributed by atoms with E-state index in [0.717, 1.165) is 79.9 Å². The van der Waals surface area contributed by atoms with Crippen molar-refractivity contribution in [1.29, 1.82) is 0 Å². The van der Waals surface area contributed by atoms with Gasteiger partial charge in [0.1, 0.15) is 5.76 Å². The highest BCUT2D eigenvalue weighted by molar-refractivity contribution is 7.99. The van der Waals surface area contributed by atoms with Gasteiger partial charge in [-0.05, 0) is 82.5 Å². The number of nitrogens with one attached hydrogen (secondary N) is 1. The SMILES string of the molecule is Cc1oc(-c2cccc(Cl)c2)nc1CN1CCCC(C(=O)NCCCSC2CCCCC2)CC1. The average molecular weight is 504 g/mol. The van der Waals surface area contributed by atoms with Gasteiger partial charge in [-0.1, -0.05) is 36.9 Å². The molecule has 1 amide bonds. The van der Waals surface area contributed by atoms with Crippen molar-refractivity contribution >= 4 is 29.3 Å². The first-order valence-electron chi connectivity index (χ1n) is 12.9. The Bertz CT molecular complexity index is 928. The van der Waals surface area contributed by atoms with E-state index >= 15 is 0 Å². The molecule has 5 nitrogen and oxygen atoms in total. The quantitative estimate of drug-likeness (QED) is 0.397. The molecule has 2 aliphatic rings. The molecule has 4 rings (SSSR count). The monoisotopic (exact) mass is 503 g/mol. The van der Waals surface area contributed by atoms with Gasteiger partial charge in [0.25, 0.3) is 0 Å². The van der Waals surface area contributed by atoms with Crippen molar-refractivity contribution < 1.29 is 9.21 Å². The number of halogens is 1. The largest absolute Gasteiger partial charge is 0.441 e. The van der Waals surface area contributed by atoms with Crippen LogP contribution < -0.4 is 5.32 Å². The summed E-state index contributed by atoms with van der Waals surface area (Å²) in [5.41, 5.74) is 1.86. The molecule has 1 saturated heterocycles. The molecule has 186 valence electrons. The molecule has 1 unspecified atom stereocenters. The van der Waals surface area contributed by atoms with Crippen LogP contribution in [0.15, 0.2) is 28.7 Å². The Kier molecular flexibility index (Phi) is 9.77. The number of rotatable bonds is 9. The number of likely N-dealkylation sites (tertiary alicyclic amines) is 1. The maximum absolute atomic E-state index is 12.7. The molecule has 1 saturated carbocycles. The normalized spacial score (nSPS) is 20.2. The Balaban J connectivity index is 1.19. The third-order valence-corrected chi connectivity index (χ3v) is 8.76. The molecule has 0 radical (unpaired) electrons. The Morgan fingerprint density at radius 2 is 2.03 bits per heavy atom. The molecule has 1 aromatic carbocycles. The zero-order valence-electron chi connectivity index (χ0n) is 20.4. The molecule has 34 heavy (non-hydrogen) atoms. The number of thioether (sulfide) groups is 1. The first-order chi connectivity index (χ1) is 16.6. The topological polar surface area (TPSA) is 58.4 Å². The Labute approximate surface area is 213 Å². The van der Waals surface area contributed by atoms with Crippen molar-refractivity contribution in [2.75, 3.05) is 25.4 Å². The summed E-state index contributed by atoms with van der Waals surface area (Å²) in [4.78, 5) is 19.9. The lowest BCUT2D eigenvalue weighted by Gasteiger charge is -2.21. The number of carbonyl (C=O) groups excluding carboxylic acids is 1. The molecular weight excluding hydrogens is 466 g/mol. The number of amides is 1. The van der Waals surface area contributed by atoms with Crippen molar-refractivity contribution in [3.63, 3.8) is 0 Å². The average Bonchev–Trinajstić information content (AvgIpc) is 3.05. The van der Waals surface area contributed by atoms with Crippen LogP contribution >= 0.6 is 23.4 Å². The van der Waals surface area contributed by atoms with Crippen LogP contribution in [0.25, 0.3) is 11.5 Å². The van der Waals surface area contributed by atoms with Crippen LogP contribution in [0.5, 0.6) is 0 Å². The van der Waals surface area contributed by atoms with Gasteiger partial charge in [0.2, 0.25) is 11.8 Å². The van der Waals surface area contributed by atoms with Gasteiger partial charge in [-0.25, -0.2) is 4.98 Å². The van der Waals surface area contributed by atoms with E-state index in [1.807, 2.05) is 31.2 Å². The first kappa shape index (κ1) is 25.6. The number of hydrogen-bond acceptors (Lipinski definition) is 5. The lowest BCUT2D eigenvalue weighted by molar-refractivity contribution is -0.125. The summed E-state index contributed by atoms with van der Waals surface area (Å²) >= 11 is 8.24. The van der Waals surface area contributed by atoms with Gasteiger partial charge in [0.15, 0.2) is 0 Å². The maximum Gasteiger partial charge on any atom is 0.226 e. The molecule has 2 aromatic rings. The highest BCUT2D eigenvalue weighted by Crippen LogP contribution is 2.29. The van der Waals surface area contributed by atoms with Crippen molar-refractivity contribution in [3.05, 3.63) is 40.7 Å². The predicted molar refractivity (Wildman–Crippen MR) is 141 cm³/mol. The summed E-state index contributed by atoms with van der Waals surface area (Å²) in [5.74, 6) is 2.99. The molecule has 1 aromatic heterocycles. The van der Waals surface area contributed by atoms with Crippen LogP contribution in [0.2, 0.25) is 5.02 Å². The van der Waals surface area contributed by atoms with Crippen LogP contribution in [0.1, 0.15) is 69.2 Å². The number of hydrogen-bond donors (Lipinski definition) is 1. The summed E-state index contributed by atoms with van der Waals surface area (Å²) < 4.78 is 5.93. The van der Waals surface area contributed by atoms with E-state index < -0.39 is 0 Å². The Morgan fingerprint density at radius 3 is 2.85 bits per heavy atom. The predicted octanol–water partition coefficient (Wildman–Crippen LogP) is 6.48. The van der Waals surface area contributed by atoms with Crippen molar-refractivity contribution in [2.45, 2.75) is 76.5 Å². The molecule has 1 N–H and O–H groups in total. The maximum atomic E-state index is 12.7. The summed E-state index contributed by atoms with van der Waals surface area (Å²) in [6.45, 7) is 5.43. The molecule has 7 heteroatoms. The van der Waals surface area contributed by atoms with Crippen molar-refractivity contribution in [1.82, 2.24) is 15.2 Å². The van der Waals surface area contributed by atoms with Gasteiger partial charge in [-0.3, -0.25) is 9.69 Å². The number of benzene rings is 1. The van der Waals surface area contributed by atoms with Crippen LogP contribution in [0, 0.1) is 12.8 Å². The second-order valence-corrected chi connectivity index (χ2v) is 11.6. The van der Waals surface area contributed by atoms with Gasteiger partial charge >= 0.3 is 0 Å². The van der Waals surface area contributed by atoms with Gasteiger partial charge < -0.3 is 9.73 Å². The second kappa shape index (κ2) is 13.0. The zero-order valence-corrected chi connectivity index (χ0v) is 21.9. The molecule has 0 spiro atoms. The molecule has 2 fully saturated rings. The highest BCUT2D eigenvalue weighted by Gasteiger charge is 2.24. The number of aryl methyl sites for hydroxylation is 1. The molecule has 2 heterocycles. The lowest BCUT2D eigenvalue weighted by atomic mass is 10.00. The van der Waals surface area contributed by atoms with E-state index in [4.69, 9.17) is 21.0 Å². The fourth-order valence-corrected chi connectivity index (χ4v) is 6.52. The van der Waals surface area contributed by atoms with E-state index in [9.17, 15) is 4.79 Å². The van der Waals surface area contributed by atoms with E-state index in [0.29, 0.717) is 10.9 Å². The number of carbonyl (C=O) groups is 1.